The third-order valence-corrected chi connectivity index (χ3v) is 6.19. The van der Waals surface area contributed by atoms with Crippen LogP contribution in [0.5, 0.6) is 0 Å². The highest BCUT2D eigenvalue weighted by atomic mass is 35.5. The molecule has 0 unspecified atom stereocenters. The minimum Gasteiger partial charge on any atom is -0.455 e. The van der Waals surface area contributed by atoms with Crippen molar-refractivity contribution in [2.75, 3.05) is 4.90 Å². The Bertz CT molecular complexity index is 1340. The molecule has 10 heteroatoms. The Morgan fingerprint density at radius 3 is 2.56 bits per heavy atom. The number of anilines is 2. The Morgan fingerprint density at radius 1 is 1.15 bits per heavy atom. The van der Waals surface area contributed by atoms with Gasteiger partial charge in [-0.1, -0.05) is 54.1 Å². The summed E-state index contributed by atoms with van der Waals surface area (Å²) in [6.07, 6.45) is 0. The molecule has 0 aliphatic rings. The normalized spacial score (nSPS) is 10.8. The van der Waals surface area contributed by atoms with Crippen LogP contribution in [0.25, 0.3) is 0 Å². The molecule has 2 aromatic heterocycles. The van der Waals surface area contributed by atoms with Gasteiger partial charge in [-0.3, -0.25) is 9.69 Å². The summed E-state index contributed by atoms with van der Waals surface area (Å²) >= 11 is 7.57. The van der Waals surface area contributed by atoms with Crippen molar-refractivity contribution in [3.8, 4) is 0 Å². The highest BCUT2D eigenvalue weighted by Crippen LogP contribution is 2.31. The van der Waals surface area contributed by atoms with Crippen molar-refractivity contribution in [3.05, 3.63) is 93.5 Å². The lowest BCUT2D eigenvalue weighted by Gasteiger charge is -2.18. The first-order chi connectivity index (χ1) is 16.3. The number of thiazole rings is 1. The Kier molecular flexibility index (Phi) is 7.04. The molecule has 34 heavy (non-hydrogen) atoms. The van der Waals surface area contributed by atoms with Gasteiger partial charge in [0.1, 0.15) is 23.1 Å². The minimum absolute atomic E-state index is 0.0983. The average molecular weight is 499 g/mol. The SMILES string of the molecule is CC(=O)N(c1nc(COC(=O)c2c(C)nn(Cc3ccccc3)c2Cl)cs1)c1ccccc1F. The molecule has 0 spiro atoms. The predicted molar refractivity (Wildman–Crippen MR) is 128 cm³/mol. The summed E-state index contributed by atoms with van der Waals surface area (Å²) in [5.74, 6) is -1.57. The third kappa shape index (κ3) is 5.00. The van der Waals surface area contributed by atoms with Gasteiger partial charge in [0, 0.05) is 12.3 Å². The highest BCUT2D eigenvalue weighted by molar-refractivity contribution is 7.14. The van der Waals surface area contributed by atoms with Crippen LogP contribution in [-0.4, -0.2) is 26.6 Å². The second-order valence-corrected chi connectivity index (χ2v) is 8.59. The summed E-state index contributed by atoms with van der Waals surface area (Å²) in [6.45, 7) is 3.29. The maximum atomic E-state index is 14.2. The number of esters is 1. The summed E-state index contributed by atoms with van der Waals surface area (Å²) in [4.78, 5) is 30.5. The molecule has 4 aromatic rings. The lowest BCUT2D eigenvalue weighted by molar-refractivity contribution is -0.115. The topological polar surface area (TPSA) is 77.3 Å². The number of halogens is 2. The van der Waals surface area contributed by atoms with E-state index in [0.717, 1.165) is 16.9 Å². The Labute approximate surface area is 204 Å². The number of rotatable bonds is 7. The summed E-state index contributed by atoms with van der Waals surface area (Å²) in [7, 11) is 0. The van der Waals surface area contributed by atoms with Crippen LogP contribution in [0.1, 0.15) is 34.2 Å². The van der Waals surface area contributed by atoms with Gasteiger partial charge in [-0.05, 0) is 24.6 Å². The van der Waals surface area contributed by atoms with Gasteiger partial charge in [-0.2, -0.15) is 5.10 Å². The van der Waals surface area contributed by atoms with E-state index in [9.17, 15) is 14.0 Å². The van der Waals surface area contributed by atoms with Crippen molar-refractivity contribution in [3.63, 3.8) is 0 Å². The molecule has 0 bridgehead atoms. The number of carbonyl (C=O) groups excluding carboxylic acids is 2. The molecule has 0 saturated carbocycles. The molecule has 7 nitrogen and oxygen atoms in total. The van der Waals surface area contributed by atoms with Crippen molar-refractivity contribution in [2.45, 2.75) is 27.0 Å². The first-order valence-corrected chi connectivity index (χ1v) is 11.5. The lowest BCUT2D eigenvalue weighted by atomic mass is 10.2. The van der Waals surface area contributed by atoms with Gasteiger partial charge < -0.3 is 4.74 Å². The zero-order chi connectivity index (χ0) is 24.2. The van der Waals surface area contributed by atoms with E-state index >= 15 is 0 Å². The number of para-hydroxylation sites is 1. The van der Waals surface area contributed by atoms with Crippen molar-refractivity contribution in [1.29, 1.82) is 0 Å². The van der Waals surface area contributed by atoms with Crippen LogP contribution >= 0.6 is 22.9 Å². The van der Waals surface area contributed by atoms with Crippen LogP contribution in [0.4, 0.5) is 15.2 Å². The van der Waals surface area contributed by atoms with E-state index in [0.29, 0.717) is 17.9 Å². The fourth-order valence-corrected chi connectivity index (χ4v) is 4.54. The standard InChI is InChI=1S/C24H20ClFN4O3S/c1-15-21(22(25)29(28-15)12-17-8-4-3-5-9-17)23(32)33-13-18-14-34-24(27-18)30(16(2)31)20-11-7-6-10-19(20)26/h3-11,14H,12-13H2,1-2H3. The number of aromatic nitrogens is 3. The maximum Gasteiger partial charge on any atom is 0.343 e. The Morgan fingerprint density at radius 2 is 1.85 bits per heavy atom. The number of amides is 1. The maximum absolute atomic E-state index is 14.2. The Balaban J connectivity index is 1.47. The van der Waals surface area contributed by atoms with Gasteiger partial charge in [0.25, 0.3) is 0 Å². The second-order valence-electron chi connectivity index (χ2n) is 7.40. The van der Waals surface area contributed by atoms with Crippen molar-refractivity contribution in [2.24, 2.45) is 0 Å². The Hall–Kier alpha value is -3.56. The van der Waals surface area contributed by atoms with Crippen molar-refractivity contribution in [1.82, 2.24) is 14.8 Å². The molecule has 0 atom stereocenters. The number of hydrogen-bond acceptors (Lipinski definition) is 6. The summed E-state index contributed by atoms with van der Waals surface area (Å²) < 4.78 is 21.2. The fourth-order valence-electron chi connectivity index (χ4n) is 3.36. The van der Waals surface area contributed by atoms with Crippen LogP contribution in [-0.2, 0) is 22.7 Å². The molecule has 1 amide bonds. The number of carbonyl (C=O) groups is 2. The van der Waals surface area contributed by atoms with Crippen LogP contribution in [0.15, 0.2) is 60.0 Å². The zero-order valence-electron chi connectivity index (χ0n) is 18.4. The van der Waals surface area contributed by atoms with Gasteiger partial charge in [0.15, 0.2) is 5.13 Å². The quantitative estimate of drug-likeness (QED) is 0.313. The summed E-state index contributed by atoms with van der Waals surface area (Å²) in [6, 6.07) is 15.6. The van der Waals surface area contributed by atoms with E-state index in [2.05, 4.69) is 10.1 Å². The number of hydrogen-bond donors (Lipinski definition) is 0. The number of aryl methyl sites for hydroxylation is 1. The van der Waals surface area contributed by atoms with Gasteiger partial charge in [-0.25, -0.2) is 18.9 Å². The van der Waals surface area contributed by atoms with Crippen LogP contribution in [0.2, 0.25) is 5.15 Å². The number of nitrogens with zero attached hydrogens (tertiary/aromatic N) is 4. The predicted octanol–water partition coefficient (Wildman–Crippen LogP) is 5.53. The molecule has 0 fully saturated rings. The molecular formula is C24H20ClFN4O3S. The van der Waals surface area contributed by atoms with Gasteiger partial charge >= 0.3 is 5.97 Å². The van der Waals surface area contributed by atoms with E-state index in [-0.39, 0.29) is 28.1 Å². The summed E-state index contributed by atoms with van der Waals surface area (Å²) in [5, 5.41) is 6.47. The van der Waals surface area contributed by atoms with Gasteiger partial charge in [0.05, 0.1) is 23.6 Å². The number of ether oxygens (including phenoxy) is 1. The molecule has 0 aliphatic heterocycles. The van der Waals surface area contributed by atoms with Crippen molar-refractivity contribution < 1.29 is 18.7 Å². The van der Waals surface area contributed by atoms with Crippen molar-refractivity contribution >= 4 is 45.6 Å². The largest absolute Gasteiger partial charge is 0.455 e. The fraction of sp³-hybridized carbons (Fsp3) is 0.167. The molecule has 0 aliphatic carbocycles. The van der Waals surface area contributed by atoms with Crippen LogP contribution in [0.3, 0.4) is 0 Å². The molecule has 174 valence electrons. The van der Waals surface area contributed by atoms with Gasteiger partial charge in [0.2, 0.25) is 5.91 Å². The van der Waals surface area contributed by atoms with Gasteiger partial charge in [-0.15, -0.1) is 11.3 Å². The van der Waals surface area contributed by atoms with Crippen LogP contribution in [0, 0.1) is 12.7 Å². The minimum atomic E-state index is -0.631. The van der Waals surface area contributed by atoms with E-state index in [1.807, 2.05) is 30.3 Å². The number of benzene rings is 2. The van der Waals surface area contributed by atoms with Crippen LogP contribution < -0.4 is 4.90 Å². The average Bonchev–Trinajstić information content (AvgIpc) is 3.38. The zero-order valence-corrected chi connectivity index (χ0v) is 19.9. The lowest BCUT2D eigenvalue weighted by Crippen LogP contribution is -2.23. The molecule has 4 rings (SSSR count). The first-order valence-electron chi connectivity index (χ1n) is 10.3. The molecule has 0 saturated heterocycles. The molecular weight excluding hydrogens is 479 g/mol. The monoisotopic (exact) mass is 498 g/mol. The molecule has 0 radical (unpaired) electrons. The molecule has 2 heterocycles. The second kappa shape index (κ2) is 10.1. The third-order valence-electron chi connectivity index (χ3n) is 4.94. The molecule has 0 N–H and O–H groups in total. The molecule has 2 aromatic carbocycles. The summed E-state index contributed by atoms with van der Waals surface area (Å²) in [5.41, 5.74) is 2.14. The highest BCUT2D eigenvalue weighted by Gasteiger charge is 2.24. The van der Waals surface area contributed by atoms with E-state index in [1.165, 1.54) is 24.0 Å². The smallest absolute Gasteiger partial charge is 0.343 e. The van der Waals surface area contributed by atoms with E-state index in [1.54, 1.807) is 29.1 Å². The van der Waals surface area contributed by atoms with E-state index < -0.39 is 17.7 Å². The first kappa shape index (κ1) is 23.6. The van der Waals surface area contributed by atoms with E-state index in [4.69, 9.17) is 16.3 Å².